The molecule has 0 aliphatic heterocycles. The molecule has 1 aromatic heterocycles. The van der Waals surface area contributed by atoms with Gasteiger partial charge in [0.1, 0.15) is 6.10 Å². The van der Waals surface area contributed by atoms with Gasteiger partial charge in [0.15, 0.2) is 0 Å². The van der Waals surface area contributed by atoms with Gasteiger partial charge in [0, 0.05) is 6.07 Å². The van der Waals surface area contributed by atoms with Crippen molar-refractivity contribution < 1.29 is 9.53 Å². The Bertz CT molecular complexity index is 516. The number of hydrogen-bond acceptors (Lipinski definition) is 4. The minimum Gasteiger partial charge on any atom is -0.474 e. The van der Waals surface area contributed by atoms with E-state index in [4.69, 9.17) is 16.2 Å². The molecule has 3 atom stereocenters. The van der Waals surface area contributed by atoms with Crippen molar-refractivity contribution >= 4 is 11.6 Å². The SMILES string of the molecule is CC1CCC(C(C)C)C(Oc2cc(C(N)=O)c(N)cn2)C1. The topological polar surface area (TPSA) is 91.2 Å². The first-order chi connectivity index (χ1) is 9.88. The lowest BCUT2D eigenvalue weighted by atomic mass is 9.75. The molecule has 2 rings (SSSR count). The largest absolute Gasteiger partial charge is 0.474 e. The number of ether oxygens (including phenoxy) is 1. The van der Waals surface area contributed by atoms with E-state index in [1.165, 1.54) is 19.0 Å². The Morgan fingerprint density at radius 1 is 1.43 bits per heavy atom. The zero-order valence-electron chi connectivity index (χ0n) is 13.0. The second-order valence-electron chi connectivity index (χ2n) is 6.46. The fraction of sp³-hybridized carbons (Fsp3) is 0.625. The van der Waals surface area contributed by atoms with E-state index < -0.39 is 5.91 Å². The van der Waals surface area contributed by atoms with Gasteiger partial charge in [-0.15, -0.1) is 0 Å². The molecule has 1 amide bonds. The predicted octanol–water partition coefficient (Wildman–Crippen LogP) is 2.60. The average Bonchev–Trinajstić information content (AvgIpc) is 2.40. The third-order valence-corrected chi connectivity index (χ3v) is 4.41. The number of nitrogens with zero attached hydrogens (tertiary/aromatic N) is 1. The van der Waals surface area contributed by atoms with E-state index in [1.54, 1.807) is 6.07 Å². The van der Waals surface area contributed by atoms with Crippen molar-refractivity contribution in [2.24, 2.45) is 23.5 Å². The Hall–Kier alpha value is -1.78. The smallest absolute Gasteiger partial charge is 0.251 e. The first-order valence-corrected chi connectivity index (χ1v) is 7.60. The van der Waals surface area contributed by atoms with Crippen LogP contribution < -0.4 is 16.2 Å². The molecule has 21 heavy (non-hydrogen) atoms. The number of nitrogen functional groups attached to an aromatic ring is 1. The summed E-state index contributed by atoms with van der Waals surface area (Å²) in [6, 6.07) is 1.55. The van der Waals surface area contributed by atoms with Crippen molar-refractivity contribution in [1.29, 1.82) is 0 Å². The number of amides is 1. The number of aromatic nitrogens is 1. The number of carbonyl (C=O) groups is 1. The van der Waals surface area contributed by atoms with Gasteiger partial charge in [-0.1, -0.05) is 27.2 Å². The summed E-state index contributed by atoms with van der Waals surface area (Å²) in [5.41, 5.74) is 11.6. The highest BCUT2D eigenvalue weighted by atomic mass is 16.5. The molecular formula is C16H25N3O2. The fourth-order valence-corrected chi connectivity index (χ4v) is 3.13. The number of carbonyl (C=O) groups excluding carboxylic acids is 1. The van der Waals surface area contributed by atoms with Crippen LogP contribution in [0.2, 0.25) is 0 Å². The summed E-state index contributed by atoms with van der Waals surface area (Å²) >= 11 is 0. The number of nitrogens with two attached hydrogens (primary N) is 2. The van der Waals surface area contributed by atoms with Crippen LogP contribution >= 0.6 is 0 Å². The molecule has 4 N–H and O–H groups in total. The van der Waals surface area contributed by atoms with Crippen LogP contribution in [0.4, 0.5) is 5.69 Å². The highest BCUT2D eigenvalue weighted by Crippen LogP contribution is 2.35. The maximum atomic E-state index is 11.3. The molecular weight excluding hydrogens is 266 g/mol. The minimum atomic E-state index is -0.558. The zero-order valence-corrected chi connectivity index (χ0v) is 13.0. The van der Waals surface area contributed by atoms with Crippen LogP contribution in [0.25, 0.3) is 0 Å². The van der Waals surface area contributed by atoms with Crippen molar-refractivity contribution in [3.63, 3.8) is 0 Å². The van der Waals surface area contributed by atoms with Gasteiger partial charge in [0.25, 0.3) is 5.91 Å². The summed E-state index contributed by atoms with van der Waals surface area (Å²) in [4.78, 5) is 15.5. The number of hydrogen-bond donors (Lipinski definition) is 2. The zero-order chi connectivity index (χ0) is 15.6. The third kappa shape index (κ3) is 3.65. The quantitative estimate of drug-likeness (QED) is 0.892. The van der Waals surface area contributed by atoms with E-state index in [0.29, 0.717) is 23.6 Å². The van der Waals surface area contributed by atoms with Crippen LogP contribution in [0.15, 0.2) is 12.3 Å². The average molecular weight is 291 g/mol. The second-order valence-corrected chi connectivity index (χ2v) is 6.46. The molecule has 1 saturated carbocycles. The lowest BCUT2D eigenvalue weighted by Gasteiger charge is -2.37. The molecule has 3 unspecified atom stereocenters. The first kappa shape index (κ1) is 15.6. The van der Waals surface area contributed by atoms with E-state index in [2.05, 4.69) is 25.8 Å². The number of anilines is 1. The highest BCUT2D eigenvalue weighted by Gasteiger charge is 2.32. The summed E-state index contributed by atoms with van der Waals surface area (Å²) in [6.45, 7) is 6.70. The van der Waals surface area contributed by atoms with Gasteiger partial charge in [-0.2, -0.15) is 0 Å². The van der Waals surface area contributed by atoms with Crippen LogP contribution in [-0.4, -0.2) is 17.0 Å². The Labute approximate surface area is 126 Å². The van der Waals surface area contributed by atoms with Crippen LogP contribution in [0, 0.1) is 17.8 Å². The van der Waals surface area contributed by atoms with Crippen molar-refractivity contribution in [2.75, 3.05) is 5.73 Å². The summed E-state index contributed by atoms with van der Waals surface area (Å²) in [5, 5.41) is 0. The molecule has 0 aromatic carbocycles. The van der Waals surface area contributed by atoms with Gasteiger partial charge in [0.05, 0.1) is 17.4 Å². The molecule has 0 spiro atoms. The third-order valence-electron chi connectivity index (χ3n) is 4.41. The molecule has 0 radical (unpaired) electrons. The number of pyridine rings is 1. The molecule has 116 valence electrons. The lowest BCUT2D eigenvalue weighted by molar-refractivity contribution is 0.0425. The molecule has 1 aliphatic rings. The van der Waals surface area contributed by atoms with E-state index >= 15 is 0 Å². The van der Waals surface area contributed by atoms with Gasteiger partial charge in [0.2, 0.25) is 5.88 Å². The Morgan fingerprint density at radius 3 is 2.76 bits per heavy atom. The molecule has 0 bridgehead atoms. The van der Waals surface area contributed by atoms with Gasteiger partial charge < -0.3 is 16.2 Å². The molecule has 0 saturated heterocycles. The first-order valence-electron chi connectivity index (χ1n) is 7.60. The van der Waals surface area contributed by atoms with Crippen molar-refractivity contribution in [2.45, 2.75) is 46.1 Å². The molecule has 5 heteroatoms. The summed E-state index contributed by atoms with van der Waals surface area (Å²) in [6.07, 6.45) is 4.99. The van der Waals surface area contributed by atoms with Crippen molar-refractivity contribution in [1.82, 2.24) is 4.98 Å². The summed E-state index contributed by atoms with van der Waals surface area (Å²) in [7, 11) is 0. The molecule has 1 fully saturated rings. The normalized spacial score (nSPS) is 25.8. The van der Waals surface area contributed by atoms with Gasteiger partial charge >= 0.3 is 0 Å². The van der Waals surface area contributed by atoms with Crippen LogP contribution in [0.1, 0.15) is 50.4 Å². The Balaban J connectivity index is 2.18. The Morgan fingerprint density at radius 2 is 2.14 bits per heavy atom. The van der Waals surface area contributed by atoms with Gasteiger partial charge in [-0.05, 0) is 30.6 Å². The van der Waals surface area contributed by atoms with Crippen LogP contribution in [0.5, 0.6) is 5.88 Å². The molecule has 5 nitrogen and oxygen atoms in total. The lowest BCUT2D eigenvalue weighted by Crippen LogP contribution is -2.36. The maximum absolute atomic E-state index is 11.3. The Kier molecular flexibility index (Phi) is 4.70. The van der Waals surface area contributed by atoms with Gasteiger partial charge in [-0.25, -0.2) is 4.98 Å². The fourth-order valence-electron chi connectivity index (χ4n) is 3.13. The highest BCUT2D eigenvalue weighted by molar-refractivity contribution is 5.98. The maximum Gasteiger partial charge on any atom is 0.251 e. The van der Waals surface area contributed by atoms with Crippen LogP contribution in [-0.2, 0) is 0 Å². The van der Waals surface area contributed by atoms with E-state index in [-0.39, 0.29) is 17.4 Å². The molecule has 1 heterocycles. The predicted molar refractivity (Wildman–Crippen MR) is 82.9 cm³/mol. The molecule has 1 aromatic rings. The monoisotopic (exact) mass is 291 g/mol. The van der Waals surface area contributed by atoms with Crippen LogP contribution in [0.3, 0.4) is 0 Å². The van der Waals surface area contributed by atoms with E-state index in [0.717, 1.165) is 6.42 Å². The number of primary amides is 1. The van der Waals surface area contributed by atoms with Crippen molar-refractivity contribution in [3.05, 3.63) is 17.8 Å². The molecule has 1 aliphatic carbocycles. The second kappa shape index (κ2) is 6.33. The van der Waals surface area contributed by atoms with Crippen molar-refractivity contribution in [3.8, 4) is 5.88 Å². The minimum absolute atomic E-state index is 0.130. The van der Waals surface area contributed by atoms with E-state index in [9.17, 15) is 4.79 Å². The standard InChI is InChI=1S/C16H25N3O2/c1-9(2)11-5-4-10(3)6-14(11)21-15-7-12(16(18)20)13(17)8-19-15/h7-11,14H,4-6,17H2,1-3H3,(H2,18,20). The number of rotatable bonds is 4. The van der Waals surface area contributed by atoms with Gasteiger partial charge in [-0.3, -0.25) is 4.79 Å². The van der Waals surface area contributed by atoms with E-state index in [1.807, 2.05) is 0 Å². The summed E-state index contributed by atoms with van der Waals surface area (Å²) < 4.78 is 6.07. The summed E-state index contributed by atoms with van der Waals surface area (Å²) in [5.74, 6) is 1.60.